The van der Waals surface area contributed by atoms with Crippen LogP contribution in [0.25, 0.3) is 11.2 Å². The van der Waals surface area contributed by atoms with E-state index in [4.69, 9.17) is 0 Å². The van der Waals surface area contributed by atoms with Crippen molar-refractivity contribution < 1.29 is 5.11 Å². The van der Waals surface area contributed by atoms with Crippen molar-refractivity contribution in [3.05, 3.63) is 42.5 Å². The zero-order valence-electron chi connectivity index (χ0n) is 11.4. The molecule has 0 spiro atoms. The number of phenolic OH excluding ortho intramolecular Hbond substituents is 1. The van der Waals surface area contributed by atoms with Gasteiger partial charge in [0.15, 0.2) is 17.0 Å². The van der Waals surface area contributed by atoms with Crippen molar-refractivity contribution in [1.82, 2.24) is 19.5 Å². The van der Waals surface area contributed by atoms with Gasteiger partial charge in [-0.05, 0) is 17.7 Å². The molecule has 2 heterocycles. The van der Waals surface area contributed by atoms with Crippen LogP contribution in [0.15, 0.2) is 36.9 Å². The molecule has 1 aromatic carbocycles. The summed E-state index contributed by atoms with van der Waals surface area (Å²) in [6.45, 7) is 0.606. The van der Waals surface area contributed by atoms with Gasteiger partial charge in [-0.15, -0.1) is 0 Å². The van der Waals surface area contributed by atoms with Crippen LogP contribution in [0.1, 0.15) is 5.56 Å². The molecule has 0 fully saturated rings. The van der Waals surface area contributed by atoms with Crippen LogP contribution in [0, 0.1) is 0 Å². The van der Waals surface area contributed by atoms with E-state index in [1.54, 1.807) is 18.5 Å². The molecule has 1 N–H and O–H groups in total. The van der Waals surface area contributed by atoms with E-state index in [0.29, 0.717) is 6.54 Å². The molecule has 6 heteroatoms. The van der Waals surface area contributed by atoms with E-state index in [2.05, 4.69) is 15.0 Å². The highest BCUT2D eigenvalue weighted by molar-refractivity contribution is 5.83. The fourth-order valence-corrected chi connectivity index (χ4v) is 2.16. The van der Waals surface area contributed by atoms with Crippen LogP contribution in [0.3, 0.4) is 0 Å². The first-order chi connectivity index (χ1) is 9.65. The summed E-state index contributed by atoms with van der Waals surface area (Å²) in [6, 6.07) is 7.17. The van der Waals surface area contributed by atoms with Gasteiger partial charge in [-0.1, -0.05) is 12.1 Å². The number of hydrogen-bond donors (Lipinski definition) is 1. The van der Waals surface area contributed by atoms with Crippen LogP contribution < -0.4 is 4.90 Å². The summed E-state index contributed by atoms with van der Waals surface area (Å²) in [5, 5.41) is 9.51. The van der Waals surface area contributed by atoms with Gasteiger partial charge in [-0.3, -0.25) is 0 Å². The van der Waals surface area contributed by atoms with Crippen LogP contribution in [-0.2, 0) is 6.54 Å². The Kier molecular flexibility index (Phi) is 2.98. The van der Waals surface area contributed by atoms with Gasteiger partial charge in [-0.2, -0.15) is 0 Å². The van der Waals surface area contributed by atoms with Crippen molar-refractivity contribution in [1.29, 1.82) is 0 Å². The van der Waals surface area contributed by atoms with E-state index < -0.39 is 0 Å². The first-order valence-electron chi connectivity index (χ1n) is 6.26. The van der Waals surface area contributed by atoms with Gasteiger partial charge in [0.2, 0.25) is 0 Å². The van der Waals surface area contributed by atoms with E-state index in [-0.39, 0.29) is 5.75 Å². The summed E-state index contributed by atoms with van der Waals surface area (Å²) in [5.74, 6) is 1.06. The first kappa shape index (κ1) is 12.4. The van der Waals surface area contributed by atoms with Crippen LogP contribution >= 0.6 is 0 Å². The van der Waals surface area contributed by atoms with E-state index in [0.717, 1.165) is 22.5 Å². The second kappa shape index (κ2) is 4.80. The minimum atomic E-state index is 0.260. The smallest absolute Gasteiger partial charge is 0.165 e. The van der Waals surface area contributed by atoms with Gasteiger partial charge in [0.05, 0.1) is 12.9 Å². The molecule has 0 bridgehead atoms. The van der Waals surface area contributed by atoms with Crippen molar-refractivity contribution in [3.8, 4) is 5.75 Å². The maximum atomic E-state index is 9.51. The Labute approximate surface area is 116 Å². The minimum Gasteiger partial charge on any atom is -0.508 e. The maximum Gasteiger partial charge on any atom is 0.165 e. The molecule has 0 aliphatic carbocycles. The summed E-state index contributed by atoms with van der Waals surface area (Å²) in [5.41, 5.74) is 2.55. The lowest BCUT2D eigenvalue weighted by atomic mass is 10.2. The van der Waals surface area contributed by atoms with Gasteiger partial charge >= 0.3 is 0 Å². The zero-order chi connectivity index (χ0) is 14.1. The highest BCUT2D eigenvalue weighted by Crippen LogP contribution is 2.20. The van der Waals surface area contributed by atoms with E-state index in [1.807, 2.05) is 35.7 Å². The molecule has 6 nitrogen and oxygen atoms in total. The van der Waals surface area contributed by atoms with E-state index in [9.17, 15) is 5.11 Å². The summed E-state index contributed by atoms with van der Waals surface area (Å²) in [7, 11) is 3.85. The molecular formula is C14H15N5O. The fraction of sp³-hybridized carbons (Fsp3) is 0.214. The molecule has 2 aromatic heterocycles. The van der Waals surface area contributed by atoms with E-state index >= 15 is 0 Å². The molecule has 3 aromatic rings. The van der Waals surface area contributed by atoms with Crippen molar-refractivity contribution in [2.75, 3.05) is 19.0 Å². The first-order valence-corrected chi connectivity index (χ1v) is 6.26. The van der Waals surface area contributed by atoms with Gasteiger partial charge in [0.1, 0.15) is 12.1 Å². The molecule has 0 saturated heterocycles. The average Bonchev–Trinajstić information content (AvgIpc) is 2.82. The molecule has 3 rings (SSSR count). The number of hydrogen-bond acceptors (Lipinski definition) is 5. The summed E-state index contributed by atoms with van der Waals surface area (Å²) < 4.78 is 1.94. The second-order valence-corrected chi connectivity index (χ2v) is 4.81. The molecular weight excluding hydrogens is 254 g/mol. The molecule has 0 saturated carbocycles. The Morgan fingerprint density at radius 2 is 2.05 bits per heavy atom. The van der Waals surface area contributed by atoms with Crippen molar-refractivity contribution >= 4 is 17.0 Å². The number of aromatic nitrogens is 4. The standard InChI is InChI=1S/C14H15N5O/c1-18(2)13-12-14(16-8-15-13)19(9-17-12)7-10-4-3-5-11(20)6-10/h3-6,8-9,20H,7H2,1-2H3. The predicted molar refractivity (Wildman–Crippen MR) is 76.9 cm³/mol. The van der Waals surface area contributed by atoms with Crippen LogP contribution in [-0.4, -0.2) is 38.7 Å². The molecule has 0 aliphatic rings. The lowest BCUT2D eigenvalue weighted by molar-refractivity contribution is 0.474. The monoisotopic (exact) mass is 269 g/mol. The maximum absolute atomic E-state index is 9.51. The Morgan fingerprint density at radius 3 is 2.80 bits per heavy atom. The minimum absolute atomic E-state index is 0.260. The highest BCUT2D eigenvalue weighted by Gasteiger charge is 2.11. The van der Waals surface area contributed by atoms with Gasteiger partial charge < -0.3 is 14.6 Å². The highest BCUT2D eigenvalue weighted by atomic mass is 16.3. The topological polar surface area (TPSA) is 67.1 Å². The average molecular weight is 269 g/mol. The van der Waals surface area contributed by atoms with Gasteiger partial charge in [0.25, 0.3) is 0 Å². The molecule has 0 unspecified atom stereocenters. The third-order valence-corrected chi connectivity index (χ3v) is 3.07. The molecule has 0 atom stereocenters. The SMILES string of the molecule is CN(C)c1ncnc2c1ncn2Cc1cccc(O)c1. The normalized spacial score (nSPS) is 10.9. The number of aromatic hydroxyl groups is 1. The lowest BCUT2D eigenvalue weighted by Crippen LogP contribution is -2.11. The number of benzene rings is 1. The summed E-state index contributed by atoms with van der Waals surface area (Å²) >= 11 is 0. The van der Waals surface area contributed by atoms with E-state index in [1.165, 1.54) is 6.33 Å². The van der Waals surface area contributed by atoms with Gasteiger partial charge in [0, 0.05) is 14.1 Å². The predicted octanol–water partition coefficient (Wildman–Crippen LogP) is 1.65. The van der Waals surface area contributed by atoms with Crippen molar-refractivity contribution in [3.63, 3.8) is 0 Å². The quantitative estimate of drug-likeness (QED) is 0.783. The lowest BCUT2D eigenvalue weighted by Gasteiger charge is -2.11. The fourth-order valence-electron chi connectivity index (χ4n) is 2.16. The molecule has 0 aliphatic heterocycles. The van der Waals surface area contributed by atoms with Crippen LogP contribution in [0.2, 0.25) is 0 Å². The Balaban J connectivity index is 2.03. The summed E-state index contributed by atoms with van der Waals surface area (Å²) in [6.07, 6.45) is 3.29. The van der Waals surface area contributed by atoms with Crippen molar-refractivity contribution in [2.24, 2.45) is 0 Å². The Bertz CT molecular complexity index is 750. The Hall–Kier alpha value is -2.63. The number of rotatable bonds is 3. The third kappa shape index (κ3) is 2.16. The number of anilines is 1. The third-order valence-electron chi connectivity index (χ3n) is 3.07. The second-order valence-electron chi connectivity index (χ2n) is 4.81. The Morgan fingerprint density at radius 1 is 1.20 bits per heavy atom. The molecule has 0 radical (unpaired) electrons. The van der Waals surface area contributed by atoms with Crippen LogP contribution in [0.5, 0.6) is 5.75 Å². The molecule has 0 amide bonds. The number of fused-ring (bicyclic) bond motifs is 1. The van der Waals surface area contributed by atoms with Crippen molar-refractivity contribution in [2.45, 2.75) is 6.54 Å². The molecule has 20 heavy (non-hydrogen) atoms. The largest absolute Gasteiger partial charge is 0.508 e. The summed E-state index contributed by atoms with van der Waals surface area (Å²) in [4.78, 5) is 14.8. The van der Waals surface area contributed by atoms with Gasteiger partial charge in [-0.25, -0.2) is 15.0 Å². The number of imidazole rings is 1. The zero-order valence-corrected chi connectivity index (χ0v) is 11.4. The van der Waals surface area contributed by atoms with Crippen LogP contribution in [0.4, 0.5) is 5.82 Å². The molecule has 102 valence electrons. The number of nitrogens with zero attached hydrogens (tertiary/aromatic N) is 5. The number of phenols is 1.